The van der Waals surface area contributed by atoms with Gasteiger partial charge in [0.25, 0.3) is 0 Å². The van der Waals surface area contributed by atoms with Crippen LogP contribution in [0.1, 0.15) is 35.7 Å². The van der Waals surface area contributed by atoms with Gasteiger partial charge in [-0.25, -0.2) is 4.79 Å². The number of nitro benzene ring substituents is 1. The molecular formula is C12H12F3NO5. The summed E-state index contributed by atoms with van der Waals surface area (Å²) in [6, 6.07) is 0.726. The van der Waals surface area contributed by atoms with Gasteiger partial charge in [0.2, 0.25) is 0 Å². The fraction of sp³-hybridized carbons (Fsp3) is 0.417. The normalized spacial score (nSPS) is 11.2. The number of rotatable bonds is 6. The molecule has 116 valence electrons. The molecule has 1 N–H and O–H groups in total. The minimum atomic E-state index is -4.95. The number of halogens is 3. The number of nitrogens with zero attached hydrogens (tertiary/aromatic N) is 1. The number of ether oxygens (including phenoxy) is 1. The molecule has 1 aromatic rings. The number of benzene rings is 1. The molecule has 0 atom stereocenters. The van der Waals surface area contributed by atoms with E-state index in [0.717, 1.165) is 0 Å². The van der Waals surface area contributed by atoms with Gasteiger partial charge in [0, 0.05) is 12.1 Å². The minimum Gasteiger partial charge on any atom is -0.487 e. The van der Waals surface area contributed by atoms with Crippen LogP contribution >= 0.6 is 0 Å². The molecule has 0 spiro atoms. The third kappa shape index (κ3) is 4.07. The Kier molecular flexibility index (Phi) is 5.12. The van der Waals surface area contributed by atoms with Gasteiger partial charge in [-0.15, -0.1) is 0 Å². The highest BCUT2D eigenvalue weighted by Gasteiger charge is 2.38. The van der Waals surface area contributed by atoms with Crippen molar-refractivity contribution in [3.05, 3.63) is 33.4 Å². The van der Waals surface area contributed by atoms with Crippen molar-refractivity contribution in [2.24, 2.45) is 0 Å². The second-order valence-corrected chi connectivity index (χ2v) is 4.13. The number of unbranched alkanes of at least 4 members (excludes halogenated alkanes) is 1. The smallest absolute Gasteiger partial charge is 0.417 e. The Hall–Kier alpha value is -2.32. The largest absolute Gasteiger partial charge is 0.487 e. The van der Waals surface area contributed by atoms with Gasteiger partial charge in [-0.1, -0.05) is 13.3 Å². The van der Waals surface area contributed by atoms with Crippen molar-refractivity contribution in [2.45, 2.75) is 25.9 Å². The summed E-state index contributed by atoms with van der Waals surface area (Å²) >= 11 is 0. The Morgan fingerprint density at radius 1 is 1.43 bits per heavy atom. The molecule has 0 bridgehead atoms. The third-order valence-corrected chi connectivity index (χ3v) is 2.59. The van der Waals surface area contributed by atoms with Crippen molar-refractivity contribution < 1.29 is 32.7 Å². The van der Waals surface area contributed by atoms with E-state index in [1.165, 1.54) is 0 Å². The van der Waals surface area contributed by atoms with Crippen LogP contribution in [0.3, 0.4) is 0 Å². The van der Waals surface area contributed by atoms with Crippen LogP contribution in [-0.4, -0.2) is 22.6 Å². The van der Waals surface area contributed by atoms with E-state index < -0.39 is 39.6 Å². The number of carbonyl (C=O) groups is 1. The number of carboxylic acids is 1. The predicted molar refractivity (Wildman–Crippen MR) is 65.5 cm³/mol. The molecule has 1 aromatic carbocycles. The summed E-state index contributed by atoms with van der Waals surface area (Å²) in [5, 5.41) is 19.6. The summed E-state index contributed by atoms with van der Waals surface area (Å²) in [4.78, 5) is 20.7. The van der Waals surface area contributed by atoms with E-state index in [2.05, 4.69) is 0 Å². The van der Waals surface area contributed by atoms with Crippen LogP contribution in [0.2, 0.25) is 0 Å². The molecule has 0 heterocycles. The van der Waals surface area contributed by atoms with Crippen LogP contribution in [0.25, 0.3) is 0 Å². The number of aromatic carboxylic acids is 1. The third-order valence-electron chi connectivity index (χ3n) is 2.59. The van der Waals surface area contributed by atoms with Crippen molar-refractivity contribution in [1.29, 1.82) is 0 Å². The molecule has 0 aliphatic carbocycles. The molecule has 0 unspecified atom stereocenters. The van der Waals surface area contributed by atoms with E-state index in [1.54, 1.807) is 0 Å². The molecule has 0 fully saturated rings. The maximum absolute atomic E-state index is 12.8. The van der Waals surface area contributed by atoms with Crippen molar-refractivity contribution in [3.63, 3.8) is 0 Å². The van der Waals surface area contributed by atoms with Crippen molar-refractivity contribution in [1.82, 2.24) is 0 Å². The summed E-state index contributed by atoms with van der Waals surface area (Å²) < 4.78 is 43.4. The number of hydrogen-bond acceptors (Lipinski definition) is 4. The zero-order chi connectivity index (χ0) is 16.2. The van der Waals surface area contributed by atoms with E-state index in [4.69, 9.17) is 9.84 Å². The van der Waals surface area contributed by atoms with Gasteiger partial charge >= 0.3 is 17.8 Å². The molecule has 21 heavy (non-hydrogen) atoms. The molecule has 0 radical (unpaired) electrons. The Labute approximate surface area is 117 Å². The van der Waals surface area contributed by atoms with E-state index in [9.17, 15) is 28.1 Å². The van der Waals surface area contributed by atoms with E-state index in [-0.39, 0.29) is 6.61 Å². The number of carboxylic acid groups (broad SMARTS) is 1. The fourth-order valence-electron chi connectivity index (χ4n) is 1.56. The van der Waals surface area contributed by atoms with Crippen LogP contribution in [0.4, 0.5) is 18.9 Å². The summed E-state index contributed by atoms with van der Waals surface area (Å²) in [6.07, 6.45) is -3.77. The molecular weight excluding hydrogens is 295 g/mol. The van der Waals surface area contributed by atoms with Gasteiger partial charge in [0.15, 0.2) is 5.75 Å². The Morgan fingerprint density at radius 3 is 2.48 bits per heavy atom. The lowest BCUT2D eigenvalue weighted by Gasteiger charge is -2.13. The predicted octanol–water partition coefficient (Wildman–Crippen LogP) is 3.49. The second-order valence-electron chi connectivity index (χ2n) is 4.13. The first-order chi connectivity index (χ1) is 9.68. The SMILES string of the molecule is CCCCOc1cc(C(F)(F)F)c(C(=O)O)cc1[N+](=O)[O-]. The quantitative estimate of drug-likeness (QED) is 0.493. The standard InChI is InChI=1S/C12H12F3NO5/c1-2-3-4-21-10-6-8(12(13,14)15)7(11(17)18)5-9(10)16(19)20/h5-6H,2-4H2,1H3,(H,17,18). The lowest BCUT2D eigenvalue weighted by atomic mass is 10.1. The van der Waals surface area contributed by atoms with E-state index in [0.29, 0.717) is 25.0 Å². The van der Waals surface area contributed by atoms with Gasteiger partial charge in [0.05, 0.1) is 22.7 Å². The first-order valence-corrected chi connectivity index (χ1v) is 5.94. The summed E-state index contributed by atoms with van der Waals surface area (Å²) in [5.41, 5.74) is -3.47. The Bertz CT molecular complexity index is 557. The lowest BCUT2D eigenvalue weighted by Crippen LogP contribution is -2.14. The number of nitro groups is 1. The van der Waals surface area contributed by atoms with Crippen LogP contribution in [-0.2, 0) is 6.18 Å². The van der Waals surface area contributed by atoms with Gasteiger partial charge in [-0.05, 0) is 6.42 Å². The highest BCUT2D eigenvalue weighted by Crippen LogP contribution is 2.39. The highest BCUT2D eigenvalue weighted by molar-refractivity contribution is 5.91. The number of alkyl halides is 3. The molecule has 1 rings (SSSR count). The molecule has 0 aromatic heterocycles. The Morgan fingerprint density at radius 2 is 2.05 bits per heavy atom. The highest BCUT2D eigenvalue weighted by atomic mass is 19.4. The minimum absolute atomic E-state index is 0.00105. The topological polar surface area (TPSA) is 89.7 Å². The first-order valence-electron chi connectivity index (χ1n) is 5.94. The molecule has 0 aliphatic rings. The molecule has 9 heteroatoms. The van der Waals surface area contributed by atoms with E-state index >= 15 is 0 Å². The molecule has 0 aliphatic heterocycles. The average molecular weight is 307 g/mol. The second kappa shape index (κ2) is 6.42. The maximum Gasteiger partial charge on any atom is 0.417 e. The number of hydrogen-bond donors (Lipinski definition) is 1. The fourth-order valence-corrected chi connectivity index (χ4v) is 1.56. The van der Waals surface area contributed by atoms with Gasteiger partial charge in [-0.2, -0.15) is 13.2 Å². The summed E-state index contributed by atoms with van der Waals surface area (Å²) in [7, 11) is 0. The lowest BCUT2D eigenvalue weighted by molar-refractivity contribution is -0.386. The summed E-state index contributed by atoms with van der Waals surface area (Å²) in [5.74, 6) is -2.49. The molecule has 0 saturated carbocycles. The molecule has 0 amide bonds. The average Bonchev–Trinajstić information content (AvgIpc) is 2.36. The first kappa shape index (κ1) is 16.7. The van der Waals surface area contributed by atoms with Crippen molar-refractivity contribution in [2.75, 3.05) is 6.61 Å². The zero-order valence-electron chi connectivity index (χ0n) is 10.9. The van der Waals surface area contributed by atoms with Gasteiger partial charge < -0.3 is 9.84 Å². The summed E-state index contributed by atoms with van der Waals surface area (Å²) in [6.45, 7) is 1.81. The van der Waals surface area contributed by atoms with Crippen LogP contribution in [0, 0.1) is 10.1 Å². The van der Waals surface area contributed by atoms with Crippen LogP contribution in [0.15, 0.2) is 12.1 Å². The monoisotopic (exact) mass is 307 g/mol. The van der Waals surface area contributed by atoms with Crippen molar-refractivity contribution >= 4 is 11.7 Å². The maximum atomic E-state index is 12.8. The Balaban J connectivity index is 3.41. The molecule has 6 nitrogen and oxygen atoms in total. The van der Waals surface area contributed by atoms with Gasteiger partial charge in [0.1, 0.15) is 0 Å². The van der Waals surface area contributed by atoms with Crippen LogP contribution < -0.4 is 4.74 Å². The van der Waals surface area contributed by atoms with Crippen LogP contribution in [0.5, 0.6) is 5.75 Å². The van der Waals surface area contributed by atoms with E-state index in [1.807, 2.05) is 6.92 Å². The zero-order valence-corrected chi connectivity index (χ0v) is 10.9. The van der Waals surface area contributed by atoms with Crippen molar-refractivity contribution in [3.8, 4) is 5.75 Å². The van der Waals surface area contributed by atoms with Gasteiger partial charge in [-0.3, -0.25) is 10.1 Å². The molecule has 0 saturated heterocycles.